The zero-order chi connectivity index (χ0) is 13.1. The van der Waals surface area contributed by atoms with Gasteiger partial charge in [0.05, 0.1) is 6.04 Å². The summed E-state index contributed by atoms with van der Waals surface area (Å²) in [6.45, 7) is 3.88. The highest BCUT2D eigenvalue weighted by molar-refractivity contribution is 6.36. The quantitative estimate of drug-likeness (QED) is 0.914. The molecule has 1 fully saturated rings. The Kier molecular flexibility index (Phi) is 4.91. The van der Waals surface area contributed by atoms with Crippen molar-refractivity contribution in [3.63, 3.8) is 0 Å². The molecule has 1 aromatic carbocycles. The van der Waals surface area contributed by atoms with E-state index in [2.05, 4.69) is 11.8 Å². The molecule has 0 amide bonds. The molecule has 2 rings (SSSR count). The van der Waals surface area contributed by atoms with Crippen molar-refractivity contribution in [2.45, 2.75) is 38.3 Å². The van der Waals surface area contributed by atoms with E-state index in [-0.39, 0.29) is 6.04 Å². The van der Waals surface area contributed by atoms with Gasteiger partial charge in [0.2, 0.25) is 0 Å². The van der Waals surface area contributed by atoms with Gasteiger partial charge < -0.3 is 5.73 Å². The lowest BCUT2D eigenvalue weighted by molar-refractivity contribution is 0.109. The molecule has 2 nitrogen and oxygen atoms in total. The first-order valence-corrected chi connectivity index (χ1v) is 7.30. The van der Waals surface area contributed by atoms with Crippen LogP contribution in [0.3, 0.4) is 0 Å². The monoisotopic (exact) mass is 286 g/mol. The Morgan fingerprint density at radius 2 is 2.00 bits per heavy atom. The van der Waals surface area contributed by atoms with Crippen molar-refractivity contribution < 1.29 is 0 Å². The van der Waals surface area contributed by atoms with Crippen LogP contribution >= 0.6 is 23.2 Å². The van der Waals surface area contributed by atoms with Crippen LogP contribution < -0.4 is 5.73 Å². The Bertz CT molecular complexity index is 389. The second kappa shape index (κ2) is 6.25. The average Bonchev–Trinajstić information content (AvgIpc) is 2.35. The lowest BCUT2D eigenvalue weighted by Gasteiger charge is -2.40. The Labute approximate surface area is 119 Å². The Hall–Kier alpha value is -0.280. The van der Waals surface area contributed by atoms with E-state index in [1.54, 1.807) is 0 Å². The van der Waals surface area contributed by atoms with Crippen molar-refractivity contribution in [2.24, 2.45) is 5.73 Å². The molecular formula is C14H20Cl2N2. The van der Waals surface area contributed by atoms with E-state index in [0.29, 0.717) is 12.6 Å². The van der Waals surface area contributed by atoms with Gasteiger partial charge in [-0.25, -0.2) is 0 Å². The Morgan fingerprint density at radius 3 is 2.56 bits per heavy atom. The van der Waals surface area contributed by atoms with Crippen molar-refractivity contribution in [1.82, 2.24) is 4.90 Å². The molecule has 0 saturated carbocycles. The fraction of sp³-hybridized carbons (Fsp3) is 0.571. The topological polar surface area (TPSA) is 29.3 Å². The van der Waals surface area contributed by atoms with Crippen molar-refractivity contribution in [3.8, 4) is 0 Å². The predicted molar refractivity (Wildman–Crippen MR) is 78.3 cm³/mol. The molecule has 2 unspecified atom stereocenters. The molecule has 1 aliphatic heterocycles. The number of rotatable bonds is 3. The maximum absolute atomic E-state index is 6.30. The van der Waals surface area contributed by atoms with Gasteiger partial charge in [-0.05, 0) is 38.4 Å². The highest BCUT2D eigenvalue weighted by Crippen LogP contribution is 2.36. The van der Waals surface area contributed by atoms with Gasteiger partial charge >= 0.3 is 0 Å². The van der Waals surface area contributed by atoms with Crippen LogP contribution in [0, 0.1) is 0 Å². The number of hydrogen-bond acceptors (Lipinski definition) is 2. The molecule has 100 valence electrons. The predicted octanol–water partition coefficient (Wildman–Crippen LogP) is 3.87. The second-order valence-electron chi connectivity index (χ2n) is 4.97. The first-order valence-electron chi connectivity index (χ1n) is 6.55. The van der Waals surface area contributed by atoms with Gasteiger partial charge in [-0.2, -0.15) is 0 Å². The highest BCUT2D eigenvalue weighted by atomic mass is 35.5. The number of piperidine rings is 1. The summed E-state index contributed by atoms with van der Waals surface area (Å²) >= 11 is 12.6. The number of halogens is 2. The van der Waals surface area contributed by atoms with E-state index in [1.165, 1.54) is 19.3 Å². The van der Waals surface area contributed by atoms with Crippen molar-refractivity contribution in [1.29, 1.82) is 0 Å². The number of benzene rings is 1. The Balaban J connectivity index is 2.32. The van der Waals surface area contributed by atoms with E-state index in [0.717, 1.165) is 22.2 Å². The van der Waals surface area contributed by atoms with Crippen LogP contribution in [0.2, 0.25) is 10.0 Å². The molecular weight excluding hydrogens is 267 g/mol. The third-order valence-electron chi connectivity index (χ3n) is 3.81. The maximum Gasteiger partial charge on any atom is 0.0502 e. The number of nitrogens with two attached hydrogens (primary N) is 1. The minimum Gasteiger partial charge on any atom is -0.329 e. The SMILES string of the molecule is CC1CCCCN1C(CN)c1c(Cl)cccc1Cl. The molecule has 0 aliphatic carbocycles. The number of hydrogen-bond donors (Lipinski definition) is 1. The maximum atomic E-state index is 6.30. The van der Waals surface area contributed by atoms with E-state index < -0.39 is 0 Å². The van der Waals surface area contributed by atoms with Crippen LogP contribution in [0.5, 0.6) is 0 Å². The van der Waals surface area contributed by atoms with Crippen LogP contribution in [-0.2, 0) is 0 Å². The van der Waals surface area contributed by atoms with Gasteiger partial charge in [0.1, 0.15) is 0 Å². The fourth-order valence-corrected chi connectivity index (χ4v) is 3.48. The summed E-state index contributed by atoms with van der Waals surface area (Å²) < 4.78 is 0. The lowest BCUT2D eigenvalue weighted by atomic mass is 9.97. The molecule has 1 heterocycles. The first kappa shape index (κ1) is 14.1. The molecule has 2 N–H and O–H groups in total. The van der Waals surface area contributed by atoms with Crippen molar-refractivity contribution in [3.05, 3.63) is 33.8 Å². The summed E-state index contributed by atoms with van der Waals surface area (Å²) in [6, 6.07) is 6.32. The van der Waals surface area contributed by atoms with Gasteiger partial charge in [0.25, 0.3) is 0 Å². The molecule has 18 heavy (non-hydrogen) atoms. The molecule has 0 aromatic heterocycles. The minimum atomic E-state index is 0.126. The third kappa shape index (κ3) is 2.83. The van der Waals surface area contributed by atoms with E-state index >= 15 is 0 Å². The van der Waals surface area contributed by atoms with Crippen LogP contribution in [0.1, 0.15) is 37.8 Å². The number of nitrogens with zero attached hydrogens (tertiary/aromatic N) is 1. The normalized spacial score (nSPS) is 23.0. The highest BCUT2D eigenvalue weighted by Gasteiger charge is 2.28. The third-order valence-corrected chi connectivity index (χ3v) is 4.47. The molecule has 0 spiro atoms. The molecule has 1 aromatic rings. The molecule has 2 atom stereocenters. The summed E-state index contributed by atoms with van der Waals surface area (Å²) in [6.07, 6.45) is 3.74. The lowest BCUT2D eigenvalue weighted by Crippen LogP contribution is -2.43. The number of likely N-dealkylation sites (tertiary alicyclic amines) is 1. The average molecular weight is 287 g/mol. The fourth-order valence-electron chi connectivity index (χ4n) is 2.83. The first-order chi connectivity index (χ1) is 8.65. The van der Waals surface area contributed by atoms with Crippen LogP contribution in [0.25, 0.3) is 0 Å². The van der Waals surface area contributed by atoms with Crippen molar-refractivity contribution in [2.75, 3.05) is 13.1 Å². The second-order valence-corrected chi connectivity index (χ2v) is 5.78. The van der Waals surface area contributed by atoms with E-state index in [9.17, 15) is 0 Å². The summed E-state index contributed by atoms with van der Waals surface area (Å²) in [4.78, 5) is 2.44. The summed E-state index contributed by atoms with van der Waals surface area (Å²) in [5.41, 5.74) is 6.96. The zero-order valence-electron chi connectivity index (χ0n) is 10.7. The molecule has 0 radical (unpaired) electrons. The van der Waals surface area contributed by atoms with Gasteiger partial charge in [-0.3, -0.25) is 4.90 Å². The Morgan fingerprint density at radius 1 is 1.33 bits per heavy atom. The molecule has 4 heteroatoms. The smallest absolute Gasteiger partial charge is 0.0502 e. The zero-order valence-corrected chi connectivity index (χ0v) is 12.2. The largest absolute Gasteiger partial charge is 0.329 e. The van der Waals surface area contributed by atoms with Crippen LogP contribution in [-0.4, -0.2) is 24.0 Å². The molecule has 1 saturated heterocycles. The summed E-state index contributed by atoms with van der Waals surface area (Å²) in [5.74, 6) is 0. The molecule has 0 bridgehead atoms. The standard InChI is InChI=1S/C14H20Cl2N2/c1-10-5-2-3-8-18(10)13(9-17)14-11(15)6-4-7-12(14)16/h4,6-7,10,13H,2-3,5,8-9,17H2,1H3. The van der Waals surface area contributed by atoms with Gasteiger partial charge in [-0.1, -0.05) is 35.7 Å². The van der Waals surface area contributed by atoms with Crippen molar-refractivity contribution >= 4 is 23.2 Å². The minimum absolute atomic E-state index is 0.126. The van der Waals surface area contributed by atoms with Crippen LogP contribution in [0.15, 0.2) is 18.2 Å². The molecule has 1 aliphatic rings. The van der Waals surface area contributed by atoms with E-state index in [4.69, 9.17) is 28.9 Å². The summed E-state index contributed by atoms with van der Waals surface area (Å²) in [7, 11) is 0. The van der Waals surface area contributed by atoms with Gasteiger partial charge in [0.15, 0.2) is 0 Å². The van der Waals surface area contributed by atoms with Crippen LogP contribution in [0.4, 0.5) is 0 Å². The summed E-state index contributed by atoms with van der Waals surface area (Å²) in [5, 5.41) is 1.44. The van der Waals surface area contributed by atoms with Gasteiger partial charge in [0, 0.05) is 28.2 Å². The van der Waals surface area contributed by atoms with Gasteiger partial charge in [-0.15, -0.1) is 0 Å². The van der Waals surface area contributed by atoms with E-state index in [1.807, 2.05) is 18.2 Å².